The molecule has 0 fully saturated rings. The van der Waals surface area contributed by atoms with Gasteiger partial charge in [-0.1, -0.05) is 17.7 Å². The highest BCUT2D eigenvalue weighted by Gasteiger charge is 2.10. The summed E-state index contributed by atoms with van der Waals surface area (Å²) < 4.78 is 5.38. The van der Waals surface area contributed by atoms with Crippen LogP contribution in [0.4, 0.5) is 0 Å². The van der Waals surface area contributed by atoms with E-state index in [4.69, 9.17) is 16.0 Å². The van der Waals surface area contributed by atoms with Crippen molar-refractivity contribution in [3.05, 3.63) is 46.7 Å². The minimum atomic E-state index is 0.780. The Kier molecular flexibility index (Phi) is 2.34. The van der Waals surface area contributed by atoms with E-state index in [2.05, 4.69) is 6.92 Å². The lowest BCUT2D eigenvalue weighted by Crippen LogP contribution is -1.87. The van der Waals surface area contributed by atoms with Crippen LogP contribution in [0.2, 0.25) is 5.02 Å². The molecular weight excluding hydrogens is 196 g/mol. The molecule has 1 aromatic carbocycles. The second kappa shape index (κ2) is 3.50. The predicted octanol–water partition coefficient (Wildman–Crippen LogP) is 4.22. The minimum Gasteiger partial charge on any atom is -0.464 e. The van der Waals surface area contributed by atoms with Crippen molar-refractivity contribution in [1.29, 1.82) is 0 Å². The van der Waals surface area contributed by atoms with Gasteiger partial charge >= 0.3 is 0 Å². The van der Waals surface area contributed by atoms with Crippen LogP contribution in [0.15, 0.2) is 34.9 Å². The molecule has 0 unspecified atom stereocenters. The summed E-state index contributed by atoms with van der Waals surface area (Å²) in [4.78, 5) is 0. The molecule has 2 heteroatoms. The molecule has 14 heavy (non-hydrogen) atoms. The maximum absolute atomic E-state index is 6.06. The first-order valence-corrected chi connectivity index (χ1v) is 4.87. The summed E-state index contributed by atoms with van der Waals surface area (Å²) in [6, 6.07) is 7.76. The fraction of sp³-hybridized carbons (Fsp3) is 0.167. The zero-order valence-corrected chi connectivity index (χ0v) is 8.93. The molecule has 1 heterocycles. The van der Waals surface area contributed by atoms with Gasteiger partial charge in [-0.25, -0.2) is 0 Å². The van der Waals surface area contributed by atoms with Crippen LogP contribution in [0.25, 0.3) is 11.3 Å². The highest BCUT2D eigenvalue weighted by molar-refractivity contribution is 6.31. The van der Waals surface area contributed by atoms with Crippen molar-refractivity contribution >= 4 is 11.6 Å². The summed E-state index contributed by atoms with van der Waals surface area (Å²) >= 11 is 6.06. The van der Waals surface area contributed by atoms with Crippen molar-refractivity contribution in [2.75, 3.05) is 0 Å². The van der Waals surface area contributed by atoms with Crippen LogP contribution in [0.1, 0.15) is 11.1 Å². The van der Waals surface area contributed by atoms with Crippen LogP contribution in [0.3, 0.4) is 0 Å². The highest BCUT2D eigenvalue weighted by Crippen LogP contribution is 2.31. The Labute approximate surface area is 88.3 Å². The van der Waals surface area contributed by atoms with Crippen LogP contribution in [-0.2, 0) is 0 Å². The third-order valence-corrected chi connectivity index (χ3v) is 2.78. The van der Waals surface area contributed by atoms with Crippen LogP contribution in [0.5, 0.6) is 0 Å². The Balaban J connectivity index is 2.69. The molecule has 0 aliphatic heterocycles. The summed E-state index contributed by atoms with van der Waals surface area (Å²) in [7, 11) is 0. The van der Waals surface area contributed by atoms with Gasteiger partial charge in [0.15, 0.2) is 0 Å². The average Bonchev–Trinajstić information content (AvgIpc) is 2.65. The number of furan rings is 1. The molecule has 0 aliphatic carbocycles. The van der Waals surface area contributed by atoms with Crippen LogP contribution in [-0.4, -0.2) is 0 Å². The molecular formula is C12H11ClO. The van der Waals surface area contributed by atoms with Crippen molar-refractivity contribution in [3.63, 3.8) is 0 Å². The molecule has 1 aromatic heterocycles. The second-order valence-corrected chi connectivity index (χ2v) is 3.75. The van der Waals surface area contributed by atoms with Crippen LogP contribution >= 0.6 is 11.6 Å². The quantitative estimate of drug-likeness (QED) is 0.681. The number of aryl methyl sites for hydroxylation is 1. The largest absolute Gasteiger partial charge is 0.464 e. The summed E-state index contributed by atoms with van der Waals surface area (Å²) in [5.74, 6) is 0.877. The van der Waals surface area contributed by atoms with E-state index < -0.39 is 0 Å². The maximum atomic E-state index is 6.06. The lowest BCUT2D eigenvalue weighted by atomic mass is 10.0. The third-order valence-electron chi connectivity index (χ3n) is 2.37. The van der Waals surface area contributed by atoms with E-state index >= 15 is 0 Å². The van der Waals surface area contributed by atoms with Gasteiger partial charge < -0.3 is 4.42 Å². The molecule has 0 saturated heterocycles. The van der Waals surface area contributed by atoms with E-state index in [1.165, 1.54) is 5.56 Å². The van der Waals surface area contributed by atoms with E-state index in [1.807, 2.05) is 31.2 Å². The summed E-state index contributed by atoms with van der Waals surface area (Å²) in [6.07, 6.45) is 1.68. The number of hydrogen-bond acceptors (Lipinski definition) is 1. The lowest BCUT2D eigenvalue weighted by Gasteiger charge is -2.08. The van der Waals surface area contributed by atoms with Gasteiger partial charge in [0.05, 0.1) is 6.26 Å². The van der Waals surface area contributed by atoms with Crippen molar-refractivity contribution in [3.8, 4) is 11.3 Å². The van der Waals surface area contributed by atoms with Gasteiger partial charge in [0.1, 0.15) is 5.76 Å². The Morgan fingerprint density at radius 3 is 2.57 bits per heavy atom. The zero-order valence-electron chi connectivity index (χ0n) is 8.17. The Morgan fingerprint density at radius 2 is 1.93 bits per heavy atom. The molecule has 0 spiro atoms. The highest BCUT2D eigenvalue weighted by atomic mass is 35.5. The Hall–Kier alpha value is -1.21. The first kappa shape index (κ1) is 9.35. The molecule has 0 amide bonds. The van der Waals surface area contributed by atoms with E-state index in [9.17, 15) is 0 Å². The summed E-state index contributed by atoms with van der Waals surface area (Å²) in [5.41, 5.74) is 3.35. The monoisotopic (exact) mass is 206 g/mol. The van der Waals surface area contributed by atoms with Gasteiger partial charge in [0.2, 0.25) is 0 Å². The van der Waals surface area contributed by atoms with E-state index in [0.717, 1.165) is 21.9 Å². The second-order valence-electron chi connectivity index (χ2n) is 3.34. The Morgan fingerprint density at radius 1 is 1.14 bits per heavy atom. The molecule has 0 radical (unpaired) electrons. The molecule has 0 aliphatic rings. The topological polar surface area (TPSA) is 13.1 Å². The van der Waals surface area contributed by atoms with E-state index in [1.54, 1.807) is 6.26 Å². The normalized spacial score (nSPS) is 10.5. The van der Waals surface area contributed by atoms with Gasteiger partial charge in [0.25, 0.3) is 0 Å². The van der Waals surface area contributed by atoms with Crippen molar-refractivity contribution in [2.45, 2.75) is 13.8 Å². The van der Waals surface area contributed by atoms with Crippen molar-refractivity contribution < 1.29 is 4.42 Å². The Bertz CT molecular complexity index is 444. The number of halogens is 1. The standard InChI is InChI=1S/C12H11ClO/c1-8-5-6-10(13)9(2)12(8)11-4-3-7-14-11/h3-7H,1-2H3. The summed E-state index contributed by atoms with van der Waals surface area (Å²) in [5, 5.41) is 0.780. The van der Waals surface area contributed by atoms with E-state index in [-0.39, 0.29) is 0 Å². The molecule has 2 rings (SSSR count). The molecule has 0 saturated carbocycles. The zero-order chi connectivity index (χ0) is 10.1. The number of hydrogen-bond donors (Lipinski definition) is 0. The minimum absolute atomic E-state index is 0.780. The summed E-state index contributed by atoms with van der Waals surface area (Å²) in [6.45, 7) is 4.06. The number of rotatable bonds is 1. The van der Waals surface area contributed by atoms with Crippen LogP contribution < -0.4 is 0 Å². The molecule has 0 bridgehead atoms. The molecule has 0 atom stereocenters. The molecule has 72 valence electrons. The molecule has 2 aromatic rings. The van der Waals surface area contributed by atoms with Gasteiger partial charge in [-0.05, 0) is 43.2 Å². The van der Waals surface area contributed by atoms with Gasteiger partial charge in [0, 0.05) is 10.6 Å². The van der Waals surface area contributed by atoms with Crippen molar-refractivity contribution in [2.24, 2.45) is 0 Å². The number of benzene rings is 1. The fourth-order valence-electron chi connectivity index (χ4n) is 1.62. The molecule has 1 nitrogen and oxygen atoms in total. The molecule has 0 N–H and O–H groups in total. The van der Waals surface area contributed by atoms with E-state index in [0.29, 0.717) is 0 Å². The van der Waals surface area contributed by atoms with Gasteiger partial charge in [-0.2, -0.15) is 0 Å². The third kappa shape index (κ3) is 1.44. The smallest absolute Gasteiger partial charge is 0.134 e. The predicted molar refractivity (Wildman–Crippen MR) is 58.6 cm³/mol. The van der Waals surface area contributed by atoms with Gasteiger partial charge in [-0.3, -0.25) is 0 Å². The first-order chi connectivity index (χ1) is 6.70. The lowest BCUT2D eigenvalue weighted by molar-refractivity contribution is 0.581. The van der Waals surface area contributed by atoms with Gasteiger partial charge in [-0.15, -0.1) is 0 Å². The first-order valence-electron chi connectivity index (χ1n) is 4.49. The fourth-order valence-corrected chi connectivity index (χ4v) is 1.78. The van der Waals surface area contributed by atoms with Crippen molar-refractivity contribution in [1.82, 2.24) is 0 Å². The van der Waals surface area contributed by atoms with Crippen LogP contribution in [0, 0.1) is 13.8 Å². The maximum Gasteiger partial charge on any atom is 0.134 e. The SMILES string of the molecule is Cc1ccc(Cl)c(C)c1-c1ccco1. The average molecular weight is 207 g/mol.